The minimum Gasteiger partial charge on any atom is -0.822 e. The Hall–Kier alpha value is 1.52. The standard InChI is InChI=1S/La.H3O4P.Si/c;1-5(2,3)4;/h;(H3,1,2,3,4);/q+3;;+4/p-3. The molecule has 0 aromatic rings. The Morgan fingerprint density at radius 1 is 1.14 bits per heavy atom. The van der Waals surface area contributed by atoms with Crippen molar-refractivity contribution < 1.29 is 54.8 Å². The number of hydrogen-bond acceptors (Lipinski definition) is 4. The van der Waals surface area contributed by atoms with Gasteiger partial charge < -0.3 is 19.2 Å². The molecule has 0 saturated carbocycles. The molecule has 0 rings (SSSR count). The van der Waals surface area contributed by atoms with Gasteiger partial charge in [0.05, 0.1) is 0 Å². The second kappa shape index (κ2) is 5.65. The topological polar surface area (TPSA) is 86.2 Å². The fourth-order valence-corrected chi connectivity index (χ4v) is 0. The van der Waals surface area contributed by atoms with E-state index in [2.05, 4.69) is 0 Å². The zero-order valence-corrected chi connectivity index (χ0v) is 8.68. The van der Waals surface area contributed by atoms with Gasteiger partial charge in [0.2, 0.25) is 0 Å². The van der Waals surface area contributed by atoms with E-state index in [1.54, 1.807) is 0 Å². The normalized spacial score (nSPS) is 8.43. The van der Waals surface area contributed by atoms with E-state index in [9.17, 15) is 0 Å². The fraction of sp³-hybridized carbons (Fsp3) is 0. The first-order chi connectivity index (χ1) is 2.00. The van der Waals surface area contributed by atoms with Gasteiger partial charge in [-0.3, -0.25) is 0 Å². The fourth-order valence-electron chi connectivity index (χ4n) is 0. The molecule has 0 aliphatic heterocycles. The summed E-state index contributed by atoms with van der Waals surface area (Å²) in [6, 6.07) is 0. The monoisotopic (exact) mass is 262 g/mol. The second-order valence-electron chi connectivity index (χ2n) is 0.447. The molecule has 7 heavy (non-hydrogen) atoms. The van der Waals surface area contributed by atoms with E-state index >= 15 is 0 Å². The molecule has 32 valence electrons. The van der Waals surface area contributed by atoms with Crippen LogP contribution in [-0.2, 0) is 4.57 Å². The van der Waals surface area contributed by atoms with Crippen LogP contribution in [0.25, 0.3) is 0 Å². The number of phosphoric acid groups is 1. The first-order valence-corrected chi connectivity index (χ1v) is 2.19. The van der Waals surface area contributed by atoms with Crippen molar-refractivity contribution >= 4 is 18.8 Å². The molecule has 0 radical (unpaired) electrons. The summed E-state index contributed by atoms with van der Waals surface area (Å²) in [6.45, 7) is 0. The minimum absolute atomic E-state index is 0. The van der Waals surface area contributed by atoms with Crippen LogP contribution >= 0.6 is 7.82 Å². The summed E-state index contributed by atoms with van der Waals surface area (Å²) in [5.74, 6) is 0. The predicted molar refractivity (Wildman–Crippen MR) is 13.4 cm³/mol. The largest absolute Gasteiger partial charge is 4.00 e. The molecule has 0 amide bonds. The van der Waals surface area contributed by atoms with Crippen LogP contribution in [0.15, 0.2) is 0 Å². The minimum atomic E-state index is -5.39. The molecular formula is LaO4PSi+4. The summed E-state index contributed by atoms with van der Waals surface area (Å²) in [7, 11) is -5.39. The summed E-state index contributed by atoms with van der Waals surface area (Å²) >= 11 is 0. The molecule has 0 unspecified atom stereocenters. The molecular weight excluding hydrogens is 262 g/mol. The third-order valence-corrected chi connectivity index (χ3v) is 0. The Kier molecular flexibility index (Phi) is 12.8. The van der Waals surface area contributed by atoms with Crippen molar-refractivity contribution in [1.82, 2.24) is 0 Å². The molecule has 0 heterocycles. The van der Waals surface area contributed by atoms with Gasteiger partial charge in [-0.25, -0.2) is 0 Å². The zero-order chi connectivity index (χ0) is 4.50. The maximum absolute atomic E-state index is 8.55. The van der Waals surface area contributed by atoms with Crippen LogP contribution in [0.5, 0.6) is 0 Å². The molecule has 7 heteroatoms. The van der Waals surface area contributed by atoms with Gasteiger partial charge in [0, 0.05) is 0 Å². The zero-order valence-electron chi connectivity index (χ0n) is 3.16. The molecule has 0 bridgehead atoms. The smallest absolute Gasteiger partial charge is 0.822 e. The van der Waals surface area contributed by atoms with E-state index in [1.807, 2.05) is 0 Å². The third kappa shape index (κ3) is 99.0. The van der Waals surface area contributed by atoms with Gasteiger partial charge in [0.1, 0.15) is 0 Å². The number of hydrogen-bond donors (Lipinski definition) is 0. The van der Waals surface area contributed by atoms with Crippen molar-refractivity contribution in [3.05, 3.63) is 0 Å². The van der Waals surface area contributed by atoms with Crippen LogP contribution in [0.1, 0.15) is 0 Å². The Morgan fingerprint density at radius 3 is 1.14 bits per heavy atom. The molecule has 0 aliphatic carbocycles. The average Bonchev–Trinajstić information content (AvgIpc) is 0.722. The summed E-state index contributed by atoms with van der Waals surface area (Å²) < 4.78 is 8.55. The average molecular weight is 262 g/mol. The van der Waals surface area contributed by atoms with Crippen LogP contribution in [0.2, 0.25) is 0 Å². The van der Waals surface area contributed by atoms with Crippen LogP contribution in [0.4, 0.5) is 0 Å². The van der Waals surface area contributed by atoms with Crippen molar-refractivity contribution in [2.45, 2.75) is 0 Å². The van der Waals surface area contributed by atoms with E-state index in [4.69, 9.17) is 19.2 Å². The SMILES string of the molecule is O=P([O-])([O-])[O-].[La+3].[Si+4]. The van der Waals surface area contributed by atoms with Crippen molar-refractivity contribution in [2.24, 2.45) is 0 Å². The van der Waals surface area contributed by atoms with E-state index in [1.165, 1.54) is 0 Å². The summed E-state index contributed by atoms with van der Waals surface area (Å²) in [6.07, 6.45) is 0. The molecule has 0 spiro atoms. The molecule has 0 aromatic carbocycles. The maximum Gasteiger partial charge on any atom is 4.00 e. The van der Waals surface area contributed by atoms with Gasteiger partial charge in [0.15, 0.2) is 0 Å². The first kappa shape index (κ1) is 15.8. The molecule has 0 aliphatic rings. The Labute approximate surface area is 73.2 Å². The second-order valence-corrected chi connectivity index (χ2v) is 1.34. The van der Waals surface area contributed by atoms with Gasteiger partial charge in [-0.05, 0) is 0 Å². The van der Waals surface area contributed by atoms with Gasteiger partial charge >= 0.3 is 46.6 Å². The molecule has 0 N–H and O–H groups in total. The summed E-state index contributed by atoms with van der Waals surface area (Å²) in [4.78, 5) is 25.6. The maximum atomic E-state index is 8.55. The Bertz CT molecular complexity index is 57.8. The first-order valence-electron chi connectivity index (χ1n) is 0.730. The van der Waals surface area contributed by atoms with Gasteiger partial charge in [-0.15, -0.1) is 0 Å². The Balaban J connectivity index is -0.0000000800. The molecule has 4 nitrogen and oxygen atoms in total. The van der Waals surface area contributed by atoms with Crippen molar-refractivity contribution in [3.8, 4) is 0 Å². The van der Waals surface area contributed by atoms with Crippen molar-refractivity contribution in [2.75, 3.05) is 0 Å². The number of rotatable bonds is 0. The van der Waals surface area contributed by atoms with E-state index in [-0.39, 0.29) is 46.6 Å². The van der Waals surface area contributed by atoms with E-state index in [0.29, 0.717) is 0 Å². The van der Waals surface area contributed by atoms with Crippen LogP contribution in [0.3, 0.4) is 0 Å². The van der Waals surface area contributed by atoms with Crippen LogP contribution < -0.4 is 14.7 Å². The van der Waals surface area contributed by atoms with Gasteiger partial charge in [-0.2, -0.15) is 7.82 Å². The van der Waals surface area contributed by atoms with Crippen LogP contribution in [0, 0.1) is 35.6 Å². The molecule has 0 fully saturated rings. The van der Waals surface area contributed by atoms with Crippen molar-refractivity contribution in [1.29, 1.82) is 0 Å². The molecule has 0 atom stereocenters. The summed E-state index contributed by atoms with van der Waals surface area (Å²) in [5.41, 5.74) is 0. The molecule has 0 saturated heterocycles. The predicted octanol–water partition coefficient (Wildman–Crippen LogP) is -3.21. The van der Waals surface area contributed by atoms with Gasteiger partial charge in [0.25, 0.3) is 0 Å². The van der Waals surface area contributed by atoms with E-state index in [0.717, 1.165) is 0 Å². The van der Waals surface area contributed by atoms with Crippen molar-refractivity contribution in [3.63, 3.8) is 0 Å². The molecule has 0 aromatic heterocycles. The van der Waals surface area contributed by atoms with Crippen LogP contribution in [-0.4, -0.2) is 11.0 Å². The quantitative estimate of drug-likeness (QED) is 0.339. The van der Waals surface area contributed by atoms with E-state index < -0.39 is 7.82 Å². The third-order valence-electron chi connectivity index (χ3n) is 0. The summed E-state index contributed by atoms with van der Waals surface area (Å²) in [5, 5.41) is 0. The Morgan fingerprint density at radius 2 is 1.14 bits per heavy atom. The van der Waals surface area contributed by atoms with Gasteiger partial charge in [-0.1, -0.05) is 0 Å².